The molecule has 0 fully saturated rings. The van der Waals surface area contributed by atoms with Crippen LogP contribution in [0.5, 0.6) is 0 Å². The molecule has 2 heterocycles. The number of hydrogen-bond acceptors (Lipinski definition) is 4. The zero-order valence-electron chi connectivity index (χ0n) is 12.4. The van der Waals surface area contributed by atoms with Crippen LogP contribution in [0, 0.1) is 0 Å². The second-order valence-corrected chi connectivity index (χ2v) is 6.81. The highest BCUT2D eigenvalue weighted by Crippen LogP contribution is 2.32. The predicted octanol–water partition coefficient (Wildman–Crippen LogP) is 4.07. The molecular weight excluding hydrogens is 318 g/mol. The van der Waals surface area contributed by atoms with Crippen molar-refractivity contribution in [2.45, 2.75) is 32.7 Å². The molecule has 22 heavy (non-hydrogen) atoms. The maximum atomic E-state index is 12.2. The number of fused-ring (bicyclic) bond motifs is 3. The van der Waals surface area contributed by atoms with Crippen LogP contribution in [0.1, 0.15) is 32.0 Å². The quantitative estimate of drug-likeness (QED) is 0.667. The molecule has 0 radical (unpaired) electrons. The predicted molar refractivity (Wildman–Crippen MR) is 94.0 cm³/mol. The van der Waals surface area contributed by atoms with Gasteiger partial charge in [-0.2, -0.15) is 0 Å². The summed E-state index contributed by atoms with van der Waals surface area (Å²) in [6.07, 6.45) is 3.55. The van der Waals surface area contributed by atoms with Gasteiger partial charge in [-0.1, -0.05) is 31.4 Å². The molecular formula is C16H18ClN3OS. The van der Waals surface area contributed by atoms with Crippen LogP contribution in [0.3, 0.4) is 0 Å². The lowest BCUT2D eigenvalue weighted by Gasteiger charge is -2.04. The molecule has 0 aliphatic carbocycles. The molecule has 3 rings (SSSR count). The van der Waals surface area contributed by atoms with Crippen LogP contribution in [0.4, 0.5) is 0 Å². The lowest BCUT2D eigenvalue weighted by atomic mass is 10.2. The average Bonchev–Trinajstić information content (AvgIpc) is 2.86. The number of rotatable bonds is 6. The fraction of sp³-hybridized carbons (Fsp3) is 0.375. The van der Waals surface area contributed by atoms with E-state index in [1.54, 1.807) is 0 Å². The van der Waals surface area contributed by atoms with Crippen LogP contribution in [0.15, 0.2) is 23.0 Å². The molecule has 0 amide bonds. The standard InChI is InChI=1S/C16H18ClN3OS/c1-2-3-4-7-18-9-13-19-14-11-8-10(17)5-6-12(11)22-15(14)16(21)20-13/h5-6,8,18H,2-4,7,9H2,1H3,(H,19,20,21). The van der Waals surface area contributed by atoms with E-state index in [0.29, 0.717) is 22.1 Å². The van der Waals surface area contributed by atoms with Gasteiger partial charge < -0.3 is 10.3 Å². The number of benzene rings is 1. The molecule has 0 unspecified atom stereocenters. The van der Waals surface area contributed by atoms with E-state index >= 15 is 0 Å². The highest BCUT2D eigenvalue weighted by Gasteiger charge is 2.11. The minimum absolute atomic E-state index is 0.0762. The van der Waals surface area contributed by atoms with Gasteiger partial charge in [-0.25, -0.2) is 4.98 Å². The van der Waals surface area contributed by atoms with E-state index in [9.17, 15) is 4.79 Å². The molecule has 1 aromatic carbocycles. The normalized spacial score (nSPS) is 11.5. The van der Waals surface area contributed by atoms with Gasteiger partial charge >= 0.3 is 0 Å². The summed E-state index contributed by atoms with van der Waals surface area (Å²) >= 11 is 7.52. The van der Waals surface area contributed by atoms with Gasteiger partial charge in [0.15, 0.2) is 0 Å². The van der Waals surface area contributed by atoms with Crippen LogP contribution in [0.25, 0.3) is 20.3 Å². The maximum Gasteiger partial charge on any atom is 0.268 e. The second kappa shape index (κ2) is 6.77. The molecule has 0 saturated heterocycles. The van der Waals surface area contributed by atoms with Gasteiger partial charge in [0, 0.05) is 15.1 Å². The maximum absolute atomic E-state index is 12.2. The van der Waals surface area contributed by atoms with Crippen molar-refractivity contribution in [3.05, 3.63) is 39.4 Å². The first-order chi connectivity index (χ1) is 10.7. The molecule has 0 atom stereocenters. The number of thiophene rings is 1. The van der Waals surface area contributed by atoms with Crippen molar-refractivity contribution in [3.63, 3.8) is 0 Å². The first kappa shape index (κ1) is 15.5. The largest absolute Gasteiger partial charge is 0.310 e. The van der Waals surface area contributed by atoms with E-state index in [1.807, 2.05) is 18.2 Å². The number of nitrogens with one attached hydrogen (secondary N) is 2. The van der Waals surface area contributed by atoms with Crippen molar-refractivity contribution < 1.29 is 0 Å². The summed E-state index contributed by atoms with van der Waals surface area (Å²) in [6.45, 7) is 3.69. The molecule has 116 valence electrons. The molecule has 0 saturated carbocycles. The molecule has 3 aromatic rings. The fourth-order valence-corrected chi connectivity index (χ4v) is 3.65. The summed E-state index contributed by atoms with van der Waals surface area (Å²) in [4.78, 5) is 19.7. The highest BCUT2D eigenvalue weighted by atomic mass is 35.5. The molecule has 0 aliphatic rings. The average molecular weight is 336 g/mol. The molecule has 0 spiro atoms. The zero-order chi connectivity index (χ0) is 15.5. The monoisotopic (exact) mass is 335 g/mol. The minimum Gasteiger partial charge on any atom is -0.310 e. The van der Waals surface area contributed by atoms with Gasteiger partial charge in [0.25, 0.3) is 5.56 Å². The fourth-order valence-electron chi connectivity index (χ4n) is 2.46. The lowest BCUT2D eigenvalue weighted by molar-refractivity contribution is 0.603. The van der Waals surface area contributed by atoms with Crippen molar-refractivity contribution in [2.75, 3.05) is 6.54 Å². The second-order valence-electron chi connectivity index (χ2n) is 5.32. The van der Waals surface area contributed by atoms with Gasteiger partial charge in [-0.05, 0) is 31.2 Å². The summed E-state index contributed by atoms with van der Waals surface area (Å²) in [6, 6.07) is 5.65. The highest BCUT2D eigenvalue weighted by molar-refractivity contribution is 7.25. The molecule has 0 bridgehead atoms. The summed E-state index contributed by atoms with van der Waals surface area (Å²) < 4.78 is 1.69. The Hall–Kier alpha value is -1.43. The Morgan fingerprint density at radius 2 is 2.23 bits per heavy atom. The summed E-state index contributed by atoms with van der Waals surface area (Å²) in [5.41, 5.74) is 0.671. The number of hydrogen-bond donors (Lipinski definition) is 2. The molecule has 4 nitrogen and oxygen atoms in total. The van der Waals surface area contributed by atoms with Crippen LogP contribution in [0.2, 0.25) is 5.02 Å². The lowest BCUT2D eigenvalue weighted by Crippen LogP contribution is -2.19. The van der Waals surface area contributed by atoms with E-state index in [4.69, 9.17) is 11.6 Å². The van der Waals surface area contributed by atoms with Gasteiger partial charge in [-0.3, -0.25) is 4.79 Å². The van der Waals surface area contributed by atoms with E-state index in [-0.39, 0.29) is 5.56 Å². The van der Waals surface area contributed by atoms with E-state index in [1.165, 1.54) is 24.2 Å². The van der Waals surface area contributed by atoms with Crippen LogP contribution < -0.4 is 10.9 Å². The van der Waals surface area contributed by atoms with Gasteiger partial charge in [0.2, 0.25) is 0 Å². The first-order valence-electron chi connectivity index (χ1n) is 7.50. The van der Waals surface area contributed by atoms with Gasteiger partial charge in [-0.15, -0.1) is 11.3 Å². The molecule has 6 heteroatoms. The summed E-state index contributed by atoms with van der Waals surface area (Å²) in [7, 11) is 0. The Kier molecular flexibility index (Phi) is 4.76. The van der Waals surface area contributed by atoms with Crippen molar-refractivity contribution in [2.24, 2.45) is 0 Å². The Labute approximate surface area is 137 Å². The van der Waals surface area contributed by atoms with E-state index < -0.39 is 0 Å². The third-order valence-electron chi connectivity index (χ3n) is 3.58. The van der Waals surface area contributed by atoms with Crippen molar-refractivity contribution >= 4 is 43.2 Å². The molecule has 2 N–H and O–H groups in total. The van der Waals surface area contributed by atoms with Crippen LogP contribution >= 0.6 is 22.9 Å². The molecule has 2 aromatic heterocycles. The van der Waals surface area contributed by atoms with Crippen molar-refractivity contribution in [1.29, 1.82) is 0 Å². The molecule has 0 aliphatic heterocycles. The third kappa shape index (κ3) is 3.16. The summed E-state index contributed by atoms with van der Waals surface area (Å²) in [5, 5.41) is 4.94. The number of aromatic amines is 1. The number of H-pyrrole nitrogens is 1. The van der Waals surface area contributed by atoms with Gasteiger partial charge in [0.05, 0.1) is 12.1 Å². The number of unbranched alkanes of at least 4 members (excludes halogenated alkanes) is 2. The van der Waals surface area contributed by atoms with E-state index in [2.05, 4.69) is 22.2 Å². The van der Waals surface area contributed by atoms with Crippen molar-refractivity contribution in [3.8, 4) is 0 Å². The SMILES string of the molecule is CCCCCNCc1nc2c(sc3ccc(Cl)cc32)c(=O)[nH]1. The Morgan fingerprint density at radius 1 is 1.36 bits per heavy atom. The topological polar surface area (TPSA) is 57.8 Å². The minimum atomic E-state index is -0.0762. The van der Waals surface area contributed by atoms with Crippen LogP contribution in [-0.2, 0) is 6.54 Å². The van der Waals surface area contributed by atoms with Crippen molar-refractivity contribution in [1.82, 2.24) is 15.3 Å². The number of nitrogens with zero attached hydrogens (tertiary/aromatic N) is 1. The van der Waals surface area contributed by atoms with E-state index in [0.717, 1.165) is 28.6 Å². The Morgan fingerprint density at radius 3 is 3.05 bits per heavy atom. The number of aromatic nitrogens is 2. The summed E-state index contributed by atoms with van der Waals surface area (Å²) in [5.74, 6) is 0.675. The Bertz CT molecular complexity index is 856. The number of halogens is 1. The van der Waals surface area contributed by atoms with Crippen LogP contribution in [-0.4, -0.2) is 16.5 Å². The Balaban J connectivity index is 1.91. The smallest absolute Gasteiger partial charge is 0.268 e. The van der Waals surface area contributed by atoms with Gasteiger partial charge in [0.1, 0.15) is 10.5 Å². The third-order valence-corrected chi connectivity index (χ3v) is 4.98. The first-order valence-corrected chi connectivity index (χ1v) is 8.70. The zero-order valence-corrected chi connectivity index (χ0v) is 14.0.